The summed E-state index contributed by atoms with van der Waals surface area (Å²) in [7, 11) is 4.93. The Kier molecular flexibility index (Phi) is 5.23. The fourth-order valence-corrected chi connectivity index (χ4v) is 2.57. The Bertz CT molecular complexity index is 438. The van der Waals surface area contributed by atoms with Crippen molar-refractivity contribution in [2.24, 2.45) is 0 Å². The maximum absolute atomic E-state index is 10.3. The van der Waals surface area contributed by atoms with E-state index in [1.54, 1.807) is 21.3 Å². The summed E-state index contributed by atoms with van der Waals surface area (Å²) in [5, 5.41) is 10.3. The van der Waals surface area contributed by atoms with Crippen molar-refractivity contribution < 1.29 is 19.3 Å². The molecule has 1 saturated heterocycles. The zero-order valence-corrected chi connectivity index (χ0v) is 12.3. The van der Waals surface area contributed by atoms with Gasteiger partial charge < -0.3 is 19.3 Å². The lowest BCUT2D eigenvalue weighted by Crippen LogP contribution is -2.27. The van der Waals surface area contributed by atoms with Gasteiger partial charge in [-0.2, -0.15) is 0 Å². The van der Waals surface area contributed by atoms with Crippen molar-refractivity contribution in [2.75, 3.05) is 41.0 Å². The third-order valence-corrected chi connectivity index (χ3v) is 3.79. The molecule has 1 aliphatic rings. The molecule has 5 heteroatoms. The topological polar surface area (TPSA) is 51.2 Å². The highest BCUT2D eigenvalue weighted by molar-refractivity contribution is 5.43. The molecule has 2 atom stereocenters. The van der Waals surface area contributed by atoms with E-state index in [-0.39, 0.29) is 6.10 Å². The first-order valence-corrected chi connectivity index (χ1v) is 6.83. The van der Waals surface area contributed by atoms with Crippen molar-refractivity contribution in [1.29, 1.82) is 0 Å². The Morgan fingerprint density at radius 2 is 2.00 bits per heavy atom. The summed E-state index contributed by atoms with van der Waals surface area (Å²) in [6.45, 7) is 2.44. The van der Waals surface area contributed by atoms with E-state index in [1.807, 2.05) is 18.2 Å². The van der Waals surface area contributed by atoms with Crippen LogP contribution in [0.15, 0.2) is 18.2 Å². The maximum atomic E-state index is 10.3. The van der Waals surface area contributed by atoms with E-state index in [0.717, 1.165) is 25.1 Å². The van der Waals surface area contributed by atoms with Gasteiger partial charge in [-0.05, 0) is 24.1 Å². The number of methoxy groups -OCH3 is 3. The van der Waals surface area contributed by atoms with Crippen LogP contribution in [0.5, 0.6) is 11.5 Å². The van der Waals surface area contributed by atoms with Crippen LogP contribution in [0.3, 0.4) is 0 Å². The molecule has 1 aromatic carbocycles. The number of aliphatic hydroxyl groups excluding tert-OH is 1. The Morgan fingerprint density at radius 3 is 2.60 bits per heavy atom. The van der Waals surface area contributed by atoms with Gasteiger partial charge in [0.15, 0.2) is 11.5 Å². The first kappa shape index (κ1) is 15.1. The van der Waals surface area contributed by atoms with E-state index < -0.39 is 6.10 Å². The summed E-state index contributed by atoms with van der Waals surface area (Å²) in [5.74, 6) is 1.31. The smallest absolute Gasteiger partial charge is 0.161 e. The minimum atomic E-state index is -0.537. The van der Waals surface area contributed by atoms with Gasteiger partial charge in [0.05, 0.1) is 26.4 Å². The van der Waals surface area contributed by atoms with Gasteiger partial charge in [0, 0.05) is 26.7 Å². The van der Waals surface area contributed by atoms with E-state index in [9.17, 15) is 5.11 Å². The average Bonchev–Trinajstić information content (AvgIpc) is 2.94. The van der Waals surface area contributed by atoms with Gasteiger partial charge >= 0.3 is 0 Å². The quantitative estimate of drug-likeness (QED) is 0.855. The van der Waals surface area contributed by atoms with Crippen molar-refractivity contribution >= 4 is 0 Å². The SMILES string of the molecule is COc1ccc(C(O)CN2CCC(OC)C2)cc1OC. The Balaban J connectivity index is 2.00. The van der Waals surface area contributed by atoms with E-state index in [1.165, 1.54) is 0 Å². The highest BCUT2D eigenvalue weighted by Crippen LogP contribution is 2.30. The minimum Gasteiger partial charge on any atom is -0.493 e. The fourth-order valence-electron chi connectivity index (χ4n) is 2.57. The van der Waals surface area contributed by atoms with E-state index in [2.05, 4.69) is 4.90 Å². The molecule has 1 heterocycles. The third-order valence-electron chi connectivity index (χ3n) is 3.79. The van der Waals surface area contributed by atoms with Gasteiger partial charge in [-0.25, -0.2) is 0 Å². The number of ether oxygens (including phenoxy) is 3. The summed E-state index contributed by atoms with van der Waals surface area (Å²) in [4.78, 5) is 2.22. The highest BCUT2D eigenvalue weighted by Gasteiger charge is 2.24. The molecule has 1 aliphatic heterocycles. The average molecular weight is 281 g/mol. The van der Waals surface area contributed by atoms with Crippen LogP contribution in [0.25, 0.3) is 0 Å². The van der Waals surface area contributed by atoms with E-state index in [0.29, 0.717) is 18.0 Å². The zero-order valence-electron chi connectivity index (χ0n) is 12.3. The molecule has 5 nitrogen and oxygen atoms in total. The molecule has 20 heavy (non-hydrogen) atoms. The monoisotopic (exact) mass is 281 g/mol. The molecule has 0 bridgehead atoms. The first-order chi connectivity index (χ1) is 9.67. The van der Waals surface area contributed by atoms with Gasteiger partial charge in [-0.3, -0.25) is 4.90 Å². The lowest BCUT2D eigenvalue weighted by Gasteiger charge is -2.21. The van der Waals surface area contributed by atoms with Crippen LogP contribution in [0, 0.1) is 0 Å². The molecule has 2 unspecified atom stereocenters. The Labute approximate surface area is 120 Å². The molecule has 0 aliphatic carbocycles. The molecule has 0 saturated carbocycles. The molecular weight excluding hydrogens is 258 g/mol. The summed E-state index contributed by atoms with van der Waals surface area (Å²) in [6, 6.07) is 5.52. The number of benzene rings is 1. The van der Waals surface area contributed by atoms with Gasteiger partial charge in [0.25, 0.3) is 0 Å². The van der Waals surface area contributed by atoms with Crippen molar-refractivity contribution in [1.82, 2.24) is 4.90 Å². The predicted octanol–water partition coefficient (Wildman–Crippen LogP) is 1.46. The van der Waals surface area contributed by atoms with E-state index >= 15 is 0 Å². The van der Waals surface area contributed by atoms with Crippen molar-refractivity contribution in [3.8, 4) is 11.5 Å². The van der Waals surface area contributed by atoms with Crippen molar-refractivity contribution in [2.45, 2.75) is 18.6 Å². The van der Waals surface area contributed by atoms with Crippen LogP contribution in [-0.4, -0.2) is 57.1 Å². The summed E-state index contributed by atoms with van der Waals surface area (Å²) in [5.41, 5.74) is 0.837. The van der Waals surface area contributed by atoms with Crippen LogP contribution in [0.4, 0.5) is 0 Å². The maximum Gasteiger partial charge on any atom is 0.161 e. The predicted molar refractivity (Wildman–Crippen MR) is 76.4 cm³/mol. The van der Waals surface area contributed by atoms with Crippen LogP contribution in [-0.2, 0) is 4.74 Å². The number of likely N-dealkylation sites (tertiary alicyclic amines) is 1. The second-order valence-corrected chi connectivity index (χ2v) is 5.04. The standard InChI is InChI=1S/C15H23NO4/c1-18-12-6-7-16(9-12)10-13(17)11-4-5-14(19-2)15(8-11)20-3/h4-5,8,12-13,17H,6-7,9-10H2,1-3H3. The first-order valence-electron chi connectivity index (χ1n) is 6.83. The van der Waals surface area contributed by atoms with Crippen LogP contribution >= 0.6 is 0 Å². The molecule has 0 aromatic heterocycles. The number of rotatable bonds is 6. The van der Waals surface area contributed by atoms with E-state index in [4.69, 9.17) is 14.2 Å². The van der Waals surface area contributed by atoms with Gasteiger partial charge in [0.2, 0.25) is 0 Å². The molecule has 1 fully saturated rings. The fraction of sp³-hybridized carbons (Fsp3) is 0.600. The summed E-state index contributed by atoms with van der Waals surface area (Å²) >= 11 is 0. The molecule has 1 N–H and O–H groups in total. The van der Waals surface area contributed by atoms with Gasteiger partial charge in [0.1, 0.15) is 0 Å². The summed E-state index contributed by atoms with van der Waals surface area (Å²) < 4.78 is 15.8. The summed E-state index contributed by atoms with van der Waals surface area (Å²) in [6.07, 6.45) is 0.771. The lowest BCUT2D eigenvalue weighted by molar-refractivity contribution is 0.0897. The van der Waals surface area contributed by atoms with Crippen LogP contribution in [0.1, 0.15) is 18.1 Å². The number of hydrogen-bond donors (Lipinski definition) is 1. The lowest BCUT2D eigenvalue weighted by atomic mass is 10.1. The van der Waals surface area contributed by atoms with Gasteiger partial charge in [-0.1, -0.05) is 6.07 Å². The molecule has 1 aromatic rings. The Hall–Kier alpha value is -1.30. The second kappa shape index (κ2) is 6.92. The normalized spacial score (nSPS) is 20.9. The second-order valence-electron chi connectivity index (χ2n) is 5.04. The molecule has 0 radical (unpaired) electrons. The molecule has 2 rings (SSSR count). The number of β-amino-alcohol motifs (C(OH)–C–C–N with tert-alkyl or cyclic N) is 1. The zero-order chi connectivity index (χ0) is 14.5. The molecule has 0 amide bonds. The minimum absolute atomic E-state index is 0.285. The Morgan fingerprint density at radius 1 is 1.25 bits per heavy atom. The van der Waals surface area contributed by atoms with Crippen LogP contribution in [0.2, 0.25) is 0 Å². The number of hydrogen-bond acceptors (Lipinski definition) is 5. The number of nitrogens with zero attached hydrogens (tertiary/aromatic N) is 1. The molecular formula is C15H23NO4. The van der Waals surface area contributed by atoms with Crippen molar-refractivity contribution in [3.63, 3.8) is 0 Å². The number of aliphatic hydroxyl groups is 1. The van der Waals surface area contributed by atoms with Gasteiger partial charge in [-0.15, -0.1) is 0 Å². The largest absolute Gasteiger partial charge is 0.493 e. The van der Waals surface area contributed by atoms with Crippen LogP contribution < -0.4 is 9.47 Å². The van der Waals surface area contributed by atoms with Crippen molar-refractivity contribution in [3.05, 3.63) is 23.8 Å². The molecule has 0 spiro atoms. The molecule has 112 valence electrons. The highest BCUT2D eigenvalue weighted by atomic mass is 16.5. The third kappa shape index (κ3) is 3.42.